The Morgan fingerprint density at radius 3 is 2.77 bits per heavy atom. The summed E-state index contributed by atoms with van der Waals surface area (Å²) in [6, 6.07) is 12.9. The molecule has 0 aliphatic carbocycles. The van der Waals surface area contributed by atoms with Gasteiger partial charge < -0.3 is 9.47 Å². The van der Waals surface area contributed by atoms with Gasteiger partial charge in [0, 0.05) is 31.2 Å². The molecule has 0 saturated heterocycles. The Balaban J connectivity index is 1.56. The van der Waals surface area contributed by atoms with Crippen LogP contribution in [0.4, 0.5) is 5.69 Å². The molecule has 2 aromatic carbocycles. The van der Waals surface area contributed by atoms with Crippen molar-refractivity contribution in [1.82, 2.24) is 9.78 Å². The van der Waals surface area contributed by atoms with Gasteiger partial charge >= 0.3 is 0 Å². The first kappa shape index (κ1) is 19.3. The summed E-state index contributed by atoms with van der Waals surface area (Å²) in [7, 11) is -3.37. The van der Waals surface area contributed by atoms with Crippen LogP contribution in [0.3, 0.4) is 0 Å². The number of aromatic nitrogens is 2. The molecule has 0 bridgehead atoms. The van der Waals surface area contributed by atoms with Crippen molar-refractivity contribution >= 4 is 21.7 Å². The second kappa shape index (κ2) is 7.24. The highest BCUT2D eigenvalue weighted by Crippen LogP contribution is 2.44. The Morgan fingerprint density at radius 2 is 1.94 bits per heavy atom. The van der Waals surface area contributed by atoms with Gasteiger partial charge in [-0.25, -0.2) is 13.1 Å². The average Bonchev–Trinajstić information content (AvgIpc) is 3.43. The quantitative estimate of drug-likeness (QED) is 0.616. The molecule has 2 aliphatic rings. The molecule has 31 heavy (non-hydrogen) atoms. The Morgan fingerprint density at radius 1 is 1.10 bits per heavy atom. The molecule has 3 aromatic rings. The average molecular weight is 438 g/mol. The molecule has 1 aromatic heterocycles. The molecule has 2 aliphatic heterocycles. The molecule has 10 heteroatoms. The van der Waals surface area contributed by atoms with E-state index in [2.05, 4.69) is 10.2 Å². The van der Waals surface area contributed by atoms with Gasteiger partial charge in [0.05, 0.1) is 10.6 Å². The van der Waals surface area contributed by atoms with E-state index >= 15 is 0 Å². The zero-order chi connectivity index (χ0) is 21.6. The minimum absolute atomic E-state index is 0.127. The monoisotopic (exact) mass is 438 g/mol. The molecule has 1 atom stereocenters. The SMILES string of the molecule is CS(=O)(=O)c1cccc(-n2ccc(=O)c(C3CC=NN3c3cccc4c3OCO4)n2)c1. The summed E-state index contributed by atoms with van der Waals surface area (Å²) in [6.07, 6.45) is 4.88. The number of benzene rings is 2. The maximum absolute atomic E-state index is 12.7. The minimum atomic E-state index is -3.37. The van der Waals surface area contributed by atoms with Gasteiger partial charge in [-0.15, -0.1) is 0 Å². The largest absolute Gasteiger partial charge is 0.454 e. The summed E-state index contributed by atoms with van der Waals surface area (Å²) in [5, 5.41) is 10.7. The molecular formula is C21H18N4O5S. The number of para-hydroxylation sites is 1. The van der Waals surface area contributed by atoms with E-state index in [9.17, 15) is 13.2 Å². The predicted molar refractivity (Wildman–Crippen MR) is 114 cm³/mol. The molecule has 1 unspecified atom stereocenters. The second-order valence-electron chi connectivity index (χ2n) is 7.18. The molecule has 3 heterocycles. The van der Waals surface area contributed by atoms with Crippen molar-refractivity contribution in [1.29, 1.82) is 0 Å². The molecule has 0 N–H and O–H groups in total. The first-order valence-corrected chi connectivity index (χ1v) is 11.4. The molecule has 9 nitrogen and oxygen atoms in total. The van der Waals surface area contributed by atoms with Crippen LogP contribution in [0.25, 0.3) is 5.69 Å². The van der Waals surface area contributed by atoms with Crippen molar-refractivity contribution in [3.05, 3.63) is 70.6 Å². The van der Waals surface area contributed by atoms with Gasteiger partial charge in [-0.2, -0.15) is 10.2 Å². The molecule has 5 rings (SSSR count). The van der Waals surface area contributed by atoms with E-state index in [1.54, 1.807) is 23.4 Å². The van der Waals surface area contributed by atoms with Crippen LogP contribution in [-0.2, 0) is 9.84 Å². The smallest absolute Gasteiger partial charge is 0.231 e. The first-order valence-electron chi connectivity index (χ1n) is 9.52. The van der Waals surface area contributed by atoms with Crippen LogP contribution in [0, 0.1) is 0 Å². The summed E-state index contributed by atoms with van der Waals surface area (Å²) < 4.78 is 36.4. The zero-order valence-corrected chi connectivity index (χ0v) is 17.3. The molecule has 0 spiro atoms. The fraction of sp³-hybridized carbons (Fsp3) is 0.190. The topological polar surface area (TPSA) is 103 Å². The molecule has 0 fully saturated rings. The second-order valence-corrected chi connectivity index (χ2v) is 9.20. The van der Waals surface area contributed by atoms with Crippen LogP contribution in [-0.4, -0.2) is 37.5 Å². The number of anilines is 1. The highest BCUT2D eigenvalue weighted by molar-refractivity contribution is 7.90. The van der Waals surface area contributed by atoms with E-state index in [0.29, 0.717) is 35.0 Å². The number of hydrogen-bond donors (Lipinski definition) is 0. The highest BCUT2D eigenvalue weighted by atomic mass is 32.2. The standard InChI is InChI=1S/C21H18N4O5S/c1-31(27,28)15-5-2-4-14(12-15)24-11-9-18(26)20(23-24)16-8-10-22-25(16)17-6-3-7-19-21(17)30-13-29-19/h2-7,9-12,16H,8,13H2,1H3. The normalized spacial score (nSPS) is 17.3. The van der Waals surface area contributed by atoms with Crippen LogP contribution in [0.5, 0.6) is 11.5 Å². The van der Waals surface area contributed by atoms with Gasteiger partial charge in [0.1, 0.15) is 17.4 Å². The van der Waals surface area contributed by atoms with Crippen LogP contribution >= 0.6 is 0 Å². The number of hydrogen-bond acceptors (Lipinski definition) is 8. The van der Waals surface area contributed by atoms with E-state index in [1.165, 1.54) is 29.1 Å². The van der Waals surface area contributed by atoms with Gasteiger partial charge in [-0.3, -0.25) is 9.80 Å². The number of rotatable bonds is 4. The van der Waals surface area contributed by atoms with Crippen molar-refractivity contribution in [2.24, 2.45) is 5.10 Å². The zero-order valence-electron chi connectivity index (χ0n) is 16.5. The predicted octanol–water partition coefficient (Wildman–Crippen LogP) is 2.30. The van der Waals surface area contributed by atoms with E-state index in [4.69, 9.17) is 9.47 Å². The van der Waals surface area contributed by atoms with Crippen LogP contribution in [0.2, 0.25) is 0 Å². The van der Waals surface area contributed by atoms with Crippen molar-refractivity contribution in [3.63, 3.8) is 0 Å². The molecule has 158 valence electrons. The summed E-state index contributed by atoms with van der Waals surface area (Å²) >= 11 is 0. The van der Waals surface area contributed by atoms with Crippen molar-refractivity contribution < 1.29 is 17.9 Å². The lowest BCUT2D eigenvalue weighted by atomic mass is 10.1. The molecule has 0 radical (unpaired) electrons. The highest BCUT2D eigenvalue weighted by Gasteiger charge is 2.32. The molecule has 0 saturated carbocycles. The third-order valence-corrected chi connectivity index (χ3v) is 6.22. The summed E-state index contributed by atoms with van der Waals surface area (Å²) in [6.45, 7) is 0.127. The maximum Gasteiger partial charge on any atom is 0.231 e. The third-order valence-electron chi connectivity index (χ3n) is 5.11. The fourth-order valence-corrected chi connectivity index (χ4v) is 4.28. The van der Waals surface area contributed by atoms with Gasteiger partial charge in [0.25, 0.3) is 0 Å². The number of sulfone groups is 1. The van der Waals surface area contributed by atoms with Crippen LogP contribution < -0.4 is 19.9 Å². The van der Waals surface area contributed by atoms with E-state index in [1.807, 2.05) is 18.2 Å². The van der Waals surface area contributed by atoms with Crippen molar-refractivity contribution in [2.45, 2.75) is 17.4 Å². The molecule has 0 amide bonds. The van der Waals surface area contributed by atoms with Crippen molar-refractivity contribution in [2.75, 3.05) is 18.1 Å². The lowest BCUT2D eigenvalue weighted by Crippen LogP contribution is -2.27. The Hall–Kier alpha value is -3.66. The van der Waals surface area contributed by atoms with E-state index < -0.39 is 15.9 Å². The third kappa shape index (κ3) is 3.44. The number of nitrogens with zero attached hydrogens (tertiary/aromatic N) is 4. The number of fused-ring (bicyclic) bond motifs is 1. The summed E-state index contributed by atoms with van der Waals surface area (Å²) in [5.41, 5.74) is 1.28. The summed E-state index contributed by atoms with van der Waals surface area (Å²) in [5.74, 6) is 1.19. The fourth-order valence-electron chi connectivity index (χ4n) is 3.62. The maximum atomic E-state index is 12.7. The lowest BCUT2D eigenvalue weighted by Gasteiger charge is -2.24. The van der Waals surface area contributed by atoms with E-state index in [0.717, 1.165) is 6.26 Å². The Kier molecular flexibility index (Phi) is 4.51. The number of ether oxygens (including phenoxy) is 2. The summed E-state index contributed by atoms with van der Waals surface area (Å²) in [4.78, 5) is 12.9. The van der Waals surface area contributed by atoms with Crippen molar-refractivity contribution in [3.8, 4) is 17.2 Å². The van der Waals surface area contributed by atoms with Gasteiger partial charge in [-0.1, -0.05) is 12.1 Å². The minimum Gasteiger partial charge on any atom is -0.454 e. The van der Waals surface area contributed by atoms with Gasteiger partial charge in [0.15, 0.2) is 21.3 Å². The van der Waals surface area contributed by atoms with Crippen LogP contribution in [0.15, 0.2) is 69.5 Å². The van der Waals surface area contributed by atoms with Crippen LogP contribution in [0.1, 0.15) is 18.2 Å². The number of hydrazone groups is 1. The van der Waals surface area contributed by atoms with Gasteiger partial charge in [-0.05, 0) is 30.3 Å². The van der Waals surface area contributed by atoms with Gasteiger partial charge in [0.2, 0.25) is 12.2 Å². The molecular weight excluding hydrogens is 420 g/mol. The first-order chi connectivity index (χ1) is 14.9. The Bertz CT molecular complexity index is 1370. The lowest BCUT2D eigenvalue weighted by molar-refractivity contribution is 0.174. The Labute approximate surface area is 178 Å². The van der Waals surface area contributed by atoms with E-state index in [-0.39, 0.29) is 17.1 Å².